The van der Waals surface area contributed by atoms with Crippen molar-refractivity contribution in [3.05, 3.63) is 29.3 Å². The van der Waals surface area contributed by atoms with Crippen LogP contribution >= 0.6 is 0 Å². The van der Waals surface area contributed by atoms with Gasteiger partial charge in [-0.25, -0.2) is 0 Å². The van der Waals surface area contributed by atoms with Crippen LogP contribution in [0.15, 0.2) is 18.2 Å². The van der Waals surface area contributed by atoms with Crippen molar-refractivity contribution in [1.29, 1.82) is 5.26 Å². The first kappa shape index (κ1) is 15.2. The number of rotatable bonds is 2. The molecule has 0 bridgehead atoms. The molecule has 1 aliphatic rings. The molecule has 1 fully saturated rings. The molecule has 0 spiro atoms. The molecule has 1 aromatic rings. The molecule has 1 aromatic carbocycles. The van der Waals surface area contributed by atoms with Crippen LogP contribution in [0.3, 0.4) is 0 Å². The summed E-state index contributed by atoms with van der Waals surface area (Å²) in [6.45, 7) is 0.903. The SMILES string of the molecule is N#Cc1cc(N2CCC(C(=O)O)CC2)ccc1C(F)(F)F. The maximum atomic E-state index is 12.7. The number of carboxylic acids is 1. The zero-order valence-corrected chi connectivity index (χ0v) is 11.0. The minimum atomic E-state index is -4.56. The van der Waals surface area contributed by atoms with E-state index in [-0.39, 0.29) is 0 Å². The summed E-state index contributed by atoms with van der Waals surface area (Å²) in [5.41, 5.74) is -0.849. The molecular formula is C14H13F3N2O2. The zero-order valence-electron chi connectivity index (χ0n) is 11.0. The first-order chi connectivity index (χ1) is 9.82. The van der Waals surface area contributed by atoms with Crippen molar-refractivity contribution in [2.75, 3.05) is 18.0 Å². The Morgan fingerprint density at radius 1 is 1.33 bits per heavy atom. The van der Waals surface area contributed by atoms with Gasteiger partial charge in [0.25, 0.3) is 0 Å². The van der Waals surface area contributed by atoms with Gasteiger partial charge >= 0.3 is 12.1 Å². The van der Waals surface area contributed by atoms with Crippen molar-refractivity contribution in [2.24, 2.45) is 5.92 Å². The Labute approximate surface area is 119 Å². The topological polar surface area (TPSA) is 64.3 Å². The van der Waals surface area contributed by atoms with E-state index in [4.69, 9.17) is 10.4 Å². The normalized spacial score (nSPS) is 16.6. The maximum Gasteiger partial charge on any atom is 0.417 e. The molecule has 0 aromatic heterocycles. The third-order valence-corrected chi connectivity index (χ3v) is 3.64. The molecule has 0 saturated carbocycles. The number of carbonyl (C=O) groups is 1. The number of nitriles is 1. The predicted octanol–water partition coefficient (Wildman–Crippen LogP) is 2.88. The maximum absolute atomic E-state index is 12.7. The molecule has 0 radical (unpaired) electrons. The number of halogens is 3. The van der Waals surface area contributed by atoms with Crippen molar-refractivity contribution >= 4 is 11.7 Å². The summed E-state index contributed by atoms with van der Waals surface area (Å²) in [6.07, 6.45) is -3.67. The van der Waals surface area contributed by atoms with Crippen LogP contribution in [0.2, 0.25) is 0 Å². The van der Waals surface area contributed by atoms with E-state index in [1.54, 1.807) is 11.0 Å². The number of nitrogens with zero attached hydrogens (tertiary/aromatic N) is 2. The summed E-state index contributed by atoms with van der Waals surface area (Å²) in [7, 11) is 0. The lowest BCUT2D eigenvalue weighted by atomic mass is 9.96. The third-order valence-electron chi connectivity index (χ3n) is 3.64. The molecule has 1 aliphatic heterocycles. The van der Waals surface area contributed by atoms with Gasteiger partial charge in [-0.1, -0.05) is 0 Å². The second kappa shape index (κ2) is 5.64. The van der Waals surface area contributed by atoms with Gasteiger partial charge in [-0.05, 0) is 31.0 Å². The largest absolute Gasteiger partial charge is 0.481 e. The Morgan fingerprint density at radius 3 is 2.43 bits per heavy atom. The highest BCUT2D eigenvalue weighted by Gasteiger charge is 2.34. The number of piperidine rings is 1. The van der Waals surface area contributed by atoms with Crippen LogP contribution in [0, 0.1) is 17.2 Å². The van der Waals surface area contributed by atoms with Crippen LogP contribution < -0.4 is 4.90 Å². The second-order valence-corrected chi connectivity index (χ2v) is 4.94. The molecule has 1 N–H and O–H groups in total. The van der Waals surface area contributed by atoms with Gasteiger partial charge in [-0.3, -0.25) is 4.79 Å². The smallest absolute Gasteiger partial charge is 0.417 e. The Kier molecular flexibility index (Phi) is 4.07. The van der Waals surface area contributed by atoms with Gasteiger partial charge in [-0.2, -0.15) is 18.4 Å². The fraction of sp³-hybridized carbons (Fsp3) is 0.429. The third kappa shape index (κ3) is 3.27. The number of hydrogen-bond acceptors (Lipinski definition) is 3. The number of alkyl halides is 3. The molecule has 1 saturated heterocycles. The quantitative estimate of drug-likeness (QED) is 0.912. The number of aliphatic carboxylic acids is 1. The first-order valence-electron chi connectivity index (χ1n) is 6.42. The summed E-state index contributed by atoms with van der Waals surface area (Å²) in [6, 6.07) is 5.00. The number of hydrogen-bond donors (Lipinski definition) is 1. The van der Waals surface area contributed by atoms with Crippen LogP contribution in [0.5, 0.6) is 0 Å². The van der Waals surface area contributed by atoms with E-state index in [9.17, 15) is 18.0 Å². The van der Waals surface area contributed by atoms with Crippen molar-refractivity contribution in [3.63, 3.8) is 0 Å². The molecule has 2 rings (SSSR count). The molecule has 0 aliphatic carbocycles. The van der Waals surface area contributed by atoms with Crippen molar-refractivity contribution in [2.45, 2.75) is 19.0 Å². The highest BCUT2D eigenvalue weighted by molar-refractivity contribution is 5.70. The van der Waals surface area contributed by atoms with Crippen LogP contribution in [-0.2, 0) is 11.0 Å². The Balaban J connectivity index is 2.20. The summed E-state index contributed by atoms with van der Waals surface area (Å²) < 4.78 is 38.2. The lowest BCUT2D eigenvalue weighted by Crippen LogP contribution is -2.36. The van der Waals surface area contributed by atoms with Gasteiger partial charge in [0.2, 0.25) is 0 Å². The second-order valence-electron chi connectivity index (χ2n) is 4.94. The Bertz CT molecular complexity index is 585. The highest BCUT2D eigenvalue weighted by atomic mass is 19.4. The van der Waals surface area contributed by atoms with Crippen LogP contribution in [0.25, 0.3) is 0 Å². The van der Waals surface area contributed by atoms with Crippen LogP contribution in [-0.4, -0.2) is 24.2 Å². The first-order valence-corrected chi connectivity index (χ1v) is 6.42. The van der Waals surface area contributed by atoms with Crippen molar-refractivity contribution < 1.29 is 23.1 Å². The van der Waals surface area contributed by atoms with E-state index in [1.807, 2.05) is 0 Å². The van der Waals surface area contributed by atoms with E-state index in [2.05, 4.69) is 0 Å². The lowest BCUT2D eigenvalue weighted by Gasteiger charge is -2.32. The van der Waals surface area contributed by atoms with E-state index >= 15 is 0 Å². The van der Waals surface area contributed by atoms with Gasteiger partial charge < -0.3 is 10.0 Å². The van der Waals surface area contributed by atoms with E-state index < -0.39 is 29.2 Å². The molecular weight excluding hydrogens is 285 g/mol. The number of carboxylic acid groups (broad SMARTS) is 1. The number of benzene rings is 1. The van der Waals surface area contributed by atoms with Crippen LogP contribution in [0.4, 0.5) is 18.9 Å². The standard InChI is InChI=1S/C14H13F3N2O2/c15-14(16,17)12-2-1-11(7-10(12)8-18)19-5-3-9(4-6-19)13(20)21/h1-2,7,9H,3-6H2,(H,20,21). The minimum Gasteiger partial charge on any atom is -0.481 e. The zero-order chi connectivity index (χ0) is 15.6. The molecule has 0 amide bonds. The molecule has 112 valence electrons. The fourth-order valence-electron chi connectivity index (χ4n) is 2.45. The summed E-state index contributed by atoms with van der Waals surface area (Å²) >= 11 is 0. The molecule has 0 atom stereocenters. The van der Waals surface area contributed by atoms with Gasteiger partial charge in [0.15, 0.2) is 0 Å². The average molecular weight is 298 g/mol. The summed E-state index contributed by atoms with van der Waals surface area (Å²) in [5.74, 6) is -1.26. The van der Waals surface area contributed by atoms with Crippen LogP contribution in [0.1, 0.15) is 24.0 Å². The fourth-order valence-corrected chi connectivity index (χ4v) is 2.45. The lowest BCUT2D eigenvalue weighted by molar-refractivity contribution is -0.142. The Morgan fingerprint density at radius 2 is 1.95 bits per heavy atom. The van der Waals surface area contributed by atoms with Gasteiger partial charge in [0, 0.05) is 18.8 Å². The predicted molar refractivity (Wildman–Crippen MR) is 68.7 cm³/mol. The van der Waals surface area contributed by atoms with Gasteiger partial charge in [0.1, 0.15) is 0 Å². The molecule has 21 heavy (non-hydrogen) atoms. The minimum absolute atomic E-state index is 0.411. The van der Waals surface area contributed by atoms with E-state index in [0.717, 1.165) is 6.07 Å². The van der Waals surface area contributed by atoms with Crippen molar-refractivity contribution in [3.8, 4) is 6.07 Å². The average Bonchev–Trinajstić information content (AvgIpc) is 2.45. The van der Waals surface area contributed by atoms with Crippen molar-refractivity contribution in [1.82, 2.24) is 0 Å². The number of anilines is 1. The molecule has 0 unspecified atom stereocenters. The van der Waals surface area contributed by atoms with Gasteiger partial charge in [0.05, 0.1) is 23.1 Å². The van der Waals surface area contributed by atoms with E-state index in [0.29, 0.717) is 31.6 Å². The monoisotopic (exact) mass is 298 g/mol. The molecule has 7 heteroatoms. The highest BCUT2D eigenvalue weighted by Crippen LogP contribution is 2.34. The summed E-state index contributed by atoms with van der Waals surface area (Å²) in [4.78, 5) is 12.7. The molecule has 1 heterocycles. The summed E-state index contributed by atoms with van der Waals surface area (Å²) in [5, 5.41) is 17.8. The van der Waals surface area contributed by atoms with Gasteiger partial charge in [-0.15, -0.1) is 0 Å². The molecule has 4 nitrogen and oxygen atoms in total. The Hall–Kier alpha value is -2.23. The van der Waals surface area contributed by atoms with E-state index in [1.165, 1.54) is 12.1 Å².